The molecule has 6 heteroatoms. The van der Waals surface area contributed by atoms with E-state index in [0.29, 0.717) is 16.6 Å². The summed E-state index contributed by atoms with van der Waals surface area (Å²) in [5.74, 6) is 2.30. The summed E-state index contributed by atoms with van der Waals surface area (Å²) in [7, 11) is 1.61. The third-order valence-electron chi connectivity index (χ3n) is 3.47. The predicted octanol–water partition coefficient (Wildman–Crippen LogP) is 3.05. The highest BCUT2D eigenvalue weighted by Gasteiger charge is 2.28. The van der Waals surface area contributed by atoms with Crippen molar-refractivity contribution in [2.75, 3.05) is 7.11 Å². The summed E-state index contributed by atoms with van der Waals surface area (Å²) in [5, 5.41) is 7.56. The monoisotopic (exact) mass is 303 g/mol. The van der Waals surface area contributed by atoms with Crippen LogP contribution >= 0.6 is 11.8 Å². The molecule has 1 saturated carbocycles. The Hall–Kier alpha value is -1.82. The van der Waals surface area contributed by atoms with Crippen molar-refractivity contribution in [2.45, 2.75) is 36.1 Å². The fourth-order valence-electron chi connectivity index (χ4n) is 2.05. The van der Waals surface area contributed by atoms with E-state index in [1.165, 1.54) is 24.6 Å². The molecule has 0 aliphatic heterocycles. The number of nitrogens with one attached hydrogen (secondary N) is 1. The molecule has 110 valence electrons. The minimum atomic E-state index is -0.221. The fraction of sp³-hybridized carbons (Fsp3) is 0.400. The van der Waals surface area contributed by atoms with Crippen LogP contribution in [-0.2, 0) is 0 Å². The van der Waals surface area contributed by atoms with Gasteiger partial charge in [-0.1, -0.05) is 11.8 Å². The van der Waals surface area contributed by atoms with E-state index in [4.69, 9.17) is 4.74 Å². The van der Waals surface area contributed by atoms with Crippen molar-refractivity contribution in [3.63, 3.8) is 0 Å². The molecule has 1 aromatic heterocycles. The Labute approximate surface area is 127 Å². The average molecular weight is 303 g/mol. The molecule has 1 fully saturated rings. The van der Waals surface area contributed by atoms with E-state index < -0.39 is 0 Å². The number of Topliss-reactive ketones (excluding diaryl/α,β-unsaturated/α-hetero) is 1. The number of methoxy groups -OCH3 is 1. The molecule has 21 heavy (non-hydrogen) atoms. The highest BCUT2D eigenvalue weighted by Crippen LogP contribution is 2.38. The van der Waals surface area contributed by atoms with Crippen LogP contribution in [0.4, 0.5) is 0 Å². The summed E-state index contributed by atoms with van der Waals surface area (Å²) < 4.78 is 5.10. The highest BCUT2D eigenvalue weighted by molar-refractivity contribution is 8.00. The molecular weight excluding hydrogens is 286 g/mol. The van der Waals surface area contributed by atoms with Crippen molar-refractivity contribution in [3.05, 3.63) is 35.7 Å². The second-order valence-electron chi connectivity index (χ2n) is 5.13. The minimum Gasteiger partial charge on any atom is -0.497 e. The Morgan fingerprint density at radius 1 is 1.38 bits per heavy atom. The van der Waals surface area contributed by atoms with Crippen LogP contribution in [0.2, 0.25) is 0 Å². The van der Waals surface area contributed by atoms with Crippen LogP contribution in [0.3, 0.4) is 0 Å². The number of nitrogens with zero attached hydrogens (tertiary/aromatic N) is 2. The van der Waals surface area contributed by atoms with Gasteiger partial charge in [0.25, 0.3) is 0 Å². The Kier molecular flexibility index (Phi) is 3.96. The summed E-state index contributed by atoms with van der Waals surface area (Å²) in [5.41, 5.74) is 0.675. The highest BCUT2D eigenvalue weighted by atomic mass is 32.2. The number of aromatic amines is 1. The van der Waals surface area contributed by atoms with Crippen molar-refractivity contribution in [2.24, 2.45) is 0 Å². The van der Waals surface area contributed by atoms with Gasteiger partial charge in [0, 0.05) is 11.5 Å². The van der Waals surface area contributed by atoms with E-state index in [1.807, 2.05) is 6.92 Å². The van der Waals surface area contributed by atoms with E-state index in [1.54, 1.807) is 31.4 Å². The maximum Gasteiger partial charge on any atom is 0.209 e. The van der Waals surface area contributed by atoms with E-state index in [-0.39, 0.29) is 11.0 Å². The second-order valence-corrected chi connectivity index (χ2v) is 6.44. The van der Waals surface area contributed by atoms with Crippen LogP contribution in [0.25, 0.3) is 0 Å². The van der Waals surface area contributed by atoms with Crippen molar-refractivity contribution >= 4 is 17.5 Å². The zero-order valence-corrected chi connectivity index (χ0v) is 12.8. The molecule has 0 spiro atoms. The number of hydrogen-bond acceptors (Lipinski definition) is 5. The van der Waals surface area contributed by atoms with E-state index in [2.05, 4.69) is 15.2 Å². The molecule has 1 aliphatic rings. The van der Waals surface area contributed by atoms with Crippen molar-refractivity contribution in [1.29, 1.82) is 0 Å². The van der Waals surface area contributed by atoms with Gasteiger partial charge in [-0.05, 0) is 44.0 Å². The van der Waals surface area contributed by atoms with Gasteiger partial charge in [0.15, 0.2) is 5.78 Å². The second kappa shape index (κ2) is 5.89. The van der Waals surface area contributed by atoms with Crippen molar-refractivity contribution in [1.82, 2.24) is 15.2 Å². The maximum atomic E-state index is 12.4. The topological polar surface area (TPSA) is 67.9 Å². The molecule has 0 bridgehead atoms. The first kappa shape index (κ1) is 14.1. The molecule has 1 heterocycles. The Balaban J connectivity index is 1.65. The van der Waals surface area contributed by atoms with Crippen molar-refractivity contribution < 1.29 is 9.53 Å². The molecule has 0 amide bonds. The number of aromatic nitrogens is 3. The molecule has 0 radical (unpaired) electrons. The quantitative estimate of drug-likeness (QED) is 0.656. The summed E-state index contributed by atoms with van der Waals surface area (Å²) in [6, 6.07) is 7.16. The number of ether oxygens (including phenoxy) is 1. The number of ketones is 1. The summed E-state index contributed by atoms with van der Waals surface area (Å²) >= 11 is 1.39. The molecule has 5 nitrogen and oxygen atoms in total. The zero-order valence-electron chi connectivity index (χ0n) is 12.0. The summed E-state index contributed by atoms with van der Waals surface area (Å²) in [4.78, 5) is 16.8. The van der Waals surface area contributed by atoms with Gasteiger partial charge < -0.3 is 4.74 Å². The fourth-order valence-corrected chi connectivity index (χ4v) is 2.86. The first-order valence-electron chi connectivity index (χ1n) is 6.94. The van der Waals surface area contributed by atoms with Gasteiger partial charge in [-0.15, -0.1) is 5.10 Å². The smallest absolute Gasteiger partial charge is 0.209 e. The third kappa shape index (κ3) is 3.26. The van der Waals surface area contributed by atoms with E-state index >= 15 is 0 Å². The lowest BCUT2D eigenvalue weighted by atomic mass is 10.1. The van der Waals surface area contributed by atoms with Crippen molar-refractivity contribution in [3.8, 4) is 5.75 Å². The lowest BCUT2D eigenvalue weighted by molar-refractivity contribution is 0.0994. The van der Waals surface area contributed by atoms with Gasteiger partial charge in [0.1, 0.15) is 11.6 Å². The molecular formula is C15H17N3O2S. The normalized spacial score (nSPS) is 15.7. The molecule has 2 aromatic rings. The first-order valence-corrected chi connectivity index (χ1v) is 7.82. The van der Waals surface area contributed by atoms with Crippen LogP contribution in [0.5, 0.6) is 5.75 Å². The molecule has 0 saturated heterocycles. The average Bonchev–Trinajstić information content (AvgIpc) is 3.27. The zero-order chi connectivity index (χ0) is 14.8. The molecule has 1 N–H and O–H groups in total. The Morgan fingerprint density at radius 3 is 2.71 bits per heavy atom. The number of carbonyl (C=O) groups excluding carboxylic acids is 1. The molecule has 1 atom stereocenters. The van der Waals surface area contributed by atoms with Gasteiger partial charge in [0.05, 0.1) is 12.4 Å². The number of carbonyl (C=O) groups is 1. The lowest BCUT2D eigenvalue weighted by Gasteiger charge is -2.08. The minimum absolute atomic E-state index is 0.0698. The van der Waals surface area contributed by atoms with Gasteiger partial charge in [-0.3, -0.25) is 9.89 Å². The predicted molar refractivity (Wildman–Crippen MR) is 81.0 cm³/mol. The van der Waals surface area contributed by atoms with Crippen LogP contribution in [0, 0.1) is 0 Å². The largest absolute Gasteiger partial charge is 0.497 e. The Morgan fingerprint density at radius 2 is 2.10 bits per heavy atom. The number of hydrogen-bond donors (Lipinski definition) is 1. The lowest BCUT2D eigenvalue weighted by Crippen LogP contribution is -2.13. The van der Waals surface area contributed by atoms with Gasteiger partial charge in [0.2, 0.25) is 5.16 Å². The number of H-pyrrole nitrogens is 1. The van der Waals surface area contributed by atoms with Crippen LogP contribution in [-0.4, -0.2) is 33.3 Å². The first-order chi connectivity index (χ1) is 10.2. The number of thioether (sulfide) groups is 1. The maximum absolute atomic E-state index is 12.4. The molecule has 1 aliphatic carbocycles. The molecule has 1 aromatic carbocycles. The standard InChI is InChI=1S/C15H17N3O2S/c1-9(13(19)10-5-7-12(20-2)8-6-10)21-15-16-14(17-18-15)11-3-4-11/h5-9,11H,3-4H2,1-2H3,(H,16,17,18). The van der Waals surface area contributed by atoms with Gasteiger partial charge >= 0.3 is 0 Å². The van der Waals surface area contributed by atoms with Gasteiger partial charge in [-0.2, -0.15) is 0 Å². The number of rotatable bonds is 6. The summed E-state index contributed by atoms with van der Waals surface area (Å²) in [6.45, 7) is 1.88. The summed E-state index contributed by atoms with van der Waals surface area (Å²) in [6.07, 6.45) is 2.36. The van der Waals surface area contributed by atoms with E-state index in [0.717, 1.165) is 11.6 Å². The SMILES string of the molecule is COc1ccc(C(=O)C(C)Sc2n[nH]c(C3CC3)n2)cc1. The van der Waals surface area contributed by atoms with E-state index in [9.17, 15) is 4.79 Å². The molecule has 3 rings (SSSR count). The van der Waals surface area contributed by atoms with Crippen LogP contribution < -0.4 is 4.74 Å². The van der Waals surface area contributed by atoms with Crippen LogP contribution in [0.1, 0.15) is 41.9 Å². The molecule has 1 unspecified atom stereocenters. The number of benzene rings is 1. The van der Waals surface area contributed by atoms with Gasteiger partial charge in [-0.25, -0.2) is 4.98 Å². The van der Waals surface area contributed by atoms with Crippen LogP contribution in [0.15, 0.2) is 29.4 Å². The third-order valence-corrected chi connectivity index (χ3v) is 4.43. The Bertz CT molecular complexity index is 635.